The van der Waals surface area contributed by atoms with Gasteiger partial charge in [0.2, 0.25) is 0 Å². The zero-order valence-corrected chi connectivity index (χ0v) is 15.7. The van der Waals surface area contributed by atoms with Gasteiger partial charge in [0.25, 0.3) is 5.91 Å². The molecule has 7 nitrogen and oxygen atoms in total. The van der Waals surface area contributed by atoms with E-state index in [1.54, 1.807) is 26.0 Å². The maximum absolute atomic E-state index is 12.1. The number of rotatable bonds is 8. The second-order valence-corrected chi connectivity index (χ2v) is 6.72. The van der Waals surface area contributed by atoms with Gasteiger partial charge < -0.3 is 19.2 Å². The monoisotopic (exact) mass is 379 g/mol. The van der Waals surface area contributed by atoms with Gasteiger partial charge in [0.1, 0.15) is 10.8 Å². The minimum Gasteiger partial charge on any atom is -0.469 e. The normalized spacial score (nSPS) is 10.4. The van der Waals surface area contributed by atoms with Crippen molar-refractivity contribution in [3.8, 4) is 0 Å². The Bertz CT molecular complexity index is 778. The van der Waals surface area contributed by atoms with Gasteiger partial charge in [-0.3, -0.25) is 9.59 Å². The van der Waals surface area contributed by atoms with E-state index in [4.69, 9.17) is 13.9 Å². The zero-order chi connectivity index (χ0) is 19.1. The van der Waals surface area contributed by atoms with Crippen LogP contribution < -0.4 is 5.32 Å². The van der Waals surface area contributed by atoms with Gasteiger partial charge in [0, 0.05) is 11.3 Å². The summed E-state index contributed by atoms with van der Waals surface area (Å²) in [6, 6.07) is 3.50. The molecule has 0 aliphatic rings. The lowest BCUT2D eigenvalue weighted by Crippen LogP contribution is -2.21. The summed E-state index contributed by atoms with van der Waals surface area (Å²) < 4.78 is 15.1. The maximum atomic E-state index is 12.1. The number of hydrogen-bond donors (Lipinski definition) is 1. The molecule has 0 atom stereocenters. The minimum absolute atomic E-state index is 0.117. The first-order chi connectivity index (χ1) is 12.4. The smallest absolute Gasteiger partial charge is 0.341 e. The number of furan rings is 1. The molecule has 0 unspecified atom stereocenters. The van der Waals surface area contributed by atoms with Crippen LogP contribution in [-0.4, -0.2) is 31.1 Å². The van der Waals surface area contributed by atoms with E-state index >= 15 is 0 Å². The Hall–Kier alpha value is -2.61. The molecule has 1 N–H and O–H groups in total. The fraction of sp³-hybridized carbons (Fsp3) is 0.389. The summed E-state index contributed by atoms with van der Waals surface area (Å²) in [4.78, 5) is 36.7. The van der Waals surface area contributed by atoms with Crippen molar-refractivity contribution in [2.24, 2.45) is 0 Å². The first kappa shape index (κ1) is 19.7. The Kier molecular flexibility index (Phi) is 6.97. The molecule has 0 fully saturated rings. The number of anilines is 1. The molecule has 8 heteroatoms. The Balaban J connectivity index is 1.88. The zero-order valence-electron chi connectivity index (χ0n) is 14.9. The molecule has 26 heavy (non-hydrogen) atoms. The van der Waals surface area contributed by atoms with Crippen molar-refractivity contribution in [3.05, 3.63) is 40.2 Å². The number of aryl methyl sites for hydroxylation is 2. The van der Waals surface area contributed by atoms with E-state index in [1.165, 1.54) is 17.6 Å². The van der Waals surface area contributed by atoms with Crippen LogP contribution in [-0.2, 0) is 25.5 Å². The average molecular weight is 379 g/mol. The minimum atomic E-state index is -0.511. The molecule has 0 aromatic carbocycles. The predicted molar refractivity (Wildman–Crippen MR) is 96.4 cm³/mol. The van der Waals surface area contributed by atoms with Crippen LogP contribution in [0.5, 0.6) is 0 Å². The summed E-state index contributed by atoms with van der Waals surface area (Å²) in [6.45, 7) is 5.19. The van der Waals surface area contributed by atoms with E-state index in [2.05, 4.69) is 5.32 Å². The molecule has 2 heterocycles. The summed E-state index contributed by atoms with van der Waals surface area (Å²) in [7, 11) is 0. The van der Waals surface area contributed by atoms with Crippen LogP contribution in [0.1, 0.15) is 39.9 Å². The Morgan fingerprint density at radius 1 is 1.23 bits per heavy atom. The lowest BCUT2D eigenvalue weighted by molar-refractivity contribution is -0.147. The Labute approximate surface area is 155 Å². The van der Waals surface area contributed by atoms with E-state index in [9.17, 15) is 14.4 Å². The van der Waals surface area contributed by atoms with Gasteiger partial charge in [-0.2, -0.15) is 0 Å². The molecule has 2 rings (SSSR count). The van der Waals surface area contributed by atoms with E-state index in [0.29, 0.717) is 22.7 Å². The van der Waals surface area contributed by atoms with Crippen molar-refractivity contribution < 1.29 is 28.3 Å². The molecule has 0 radical (unpaired) electrons. The van der Waals surface area contributed by atoms with Crippen molar-refractivity contribution in [1.29, 1.82) is 0 Å². The Morgan fingerprint density at radius 2 is 2.00 bits per heavy atom. The molecule has 0 aliphatic heterocycles. The molecule has 0 saturated heterocycles. The number of esters is 2. The molecule has 0 saturated carbocycles. The highest BCUT2D eigenvalue weighted by molar-refractivity contribution is 7.16. The molecule has 1 amide bonds. The maximum Gasteiger partial charge on any atom is 0.341 e. The topological polar surface area (TPSA) is 94.8 Å². The van der Waals surface area contributed by atoms with Crippen molar-refractivity contribution in [1.82, 2.24) is 0 Å². The summed E-state index contributed by atoms with van der Waals surface area (Å²) >= 11 is 1.28. The van der Waals surface area contributed by atoms with E-state index in [1.807, 2.05) is 6.92 Å². The molecular weight excluding hydrogens is 358 g/mol. The largest absolute Gasteiger partial charge is 0.469 e. The van der Waals surface area contributed by atoms with Gasteiger partial charge >= 0.3 is 11.9 Å². The predicted octanol–water partition coefficient (Wildman–Crippen LogP) is 3.25. The third kappa shape index (κ3) is 5.19. The number of carbonyl (C=O) groups excluding carboxylic acids is 3. The molecule has 140 valence electrons. The van der Waals surface area contributed by atoms with E-state index in [0.717, 1.165) is 10.4 Å². The number of carbonyl (C=O) groups is 3. The molecule has 0 bridgehead atoms. The summed E-state index contributed by atoms with van der Waals surface area (Å²) in [6.07, 6.45) is 2.05. The number of ether oxygens (including phenoxy) is 2. The van der Waals surface area contributed by atoms with Crippen LogP contribution in [0.3, 0.4) is 0 Å². The highest BCUT2D eigenvalue weighted by atomic mass is 32.1. The number of nitrogens with one attached hydrogen (secondary N) is 1. The van der Waals surface area contributed by atoms with Crippen molar-refractivity contribution >= 4 is 34.2 Å². The van der Waals surface area contributed by atoms with Crippen molar-refractivity contribution in [2.75, 3.05) is 18.5 Å². The molecular formula is C18H21NO6S. The quantitative estimate of drug-likeness (QED) is 0.708. The van der Waals surface area contributed by atoms with Gasteiger partial charge in [-0.25, -0.2) is 4.79 Å². The van der Waals surface area contributed by atoms with E-state index in [-0.39, 0.29) is 13.0 Å². The van der Waals surface area contributed by atoms with Crippen LogP contribution in [0.2, 0.25) is 0 Å². The molecule has 0 spiro atoms. The van der Waals surface area contributed by atoms with Gasteiger partial charge in [-0.05, 0) is 38.5 Å². The third-order valence-electron chi connectivity index (χ3n) is 3.64. The van der Waals surface area contributed by atoms with Crippen LogP contribution >= 0.6 is 11.3 Å². The fourth-order valence-corrected chi connectivity index (χ4v) is 3.29. The summed E-state index contributed by atoms with van der Waals surface area (Å²) in [5.41, 5.74) is 1.10. The first-order valence-electron chi connectivity index (χ1n) is 8.17. The van der Waals surface area contributed by atoms with Gasteiger partial charge in [-0.15, -0.1) is 11.3 Å². The molecule has 0 aliphatic carbocycles. The SMILES string of the molecule is CCOC(=O)c1c(NC(=O)COC(=O)CCc2ccco2)sc(C)c1C. The molecule has 2 aromatic heterocycles. The number of hydrogen-bond acceptors (Lipinski definition) is 7. The lowest BCUT2D eigenvalue weighted by atomic mass is 10.1. The summed E-state index contributed by atoms with van der Waals surface area (Å²) in [5.74, 6) is -0.820. The fourth-order valence-electron chi connectivity index (χ4n) is 2.23. The van der Waals surface area contributed by atoms with Gasteiger partial charge in [0.05, 0.1) is 24.9 Å². The highest BCUT2D eigenvalue weighted by Gasteiger charge is 2.22. The average Bonchev–Trinajstić information content (AvgIpc) is 3.20. The van der Waals surface area contributed by atoms with Crippen LogP contribution in [0, 0.1) is 13.8 Å². The number of amides is 1. The van der Waals surface area contributed by atoms with Crippen molar-refractivity contribution in [2.45, 2.75) is 33.6 Å². The van der Waals surface area contributed by atoms with Gasteiger partial charge in [-0.1, -0.05) is 0 Å². The van der Waals surface area contributed by atoms with Crippen LogP contribution in [0.15, 0.2) is 22.8 Å². The lowest BCUT2D eigenvalue weighted by Gasteiger charge is -2.08. The third-order valence-corrected chi connectivity index (χ3v) is 4.76. The van der Waals surface area contributed by atoms with Crippen molar-refractivity contribution in [3.63, 3.8) is 0 Å². The summed E-state index contributed by atoms with van der Waals surface area (Å²) in [5, 5.41) is 3.02. The van der Waals surface area contributed by atoms with Crippen LogP contribution in [0.4, 0.5) is 5.00 Å². The first-order valence-corrected chi connectivity index (χ1v) is 8.99. The standard InChI is InChI=1S/C18H21NO6S/c1-4-23-18(22)16-11(2)12(3)26-17(16)19-14(20)10-25-15(21)8-7-13-6-5-9-24-13/h5-6,9H,4,7-8,10H2,1-3H3,(H,19,20). The van der Waals surface area contributed by atoms with Crippen LogP contribution in [0.25, 0.3) is 0 Å². The highest BCUT2D eigenvalue weighted by Crippen LogP contribution is 2.33. The second kappa shape index (κ2) is 9.19. The van der Waals surface area contributed by atoms with Gasteiger partial charge in [0.15, 0.2) is 6.61 Å². The number of thiophene rings is 1. The van der Waals surface area contributed by atoms with E-state index < -0.39 is 24.5 Å². The molecule has 2 aromatic rings. The second-order valence-electron chi connectivity index (χ2n) is 5.50. The Morgan fingerprint density at radius 3 is 2.65 bits per heavy atom.